The summed E-state index contributed by atoms with van der Waals surface area (Å²) in [7, 11) is 1.81. The van der Waals surface area contributed by atoms with Crippen molar-refractivity contribution in [3.8, 4) is 0 Å². The van der Waals surface area contributed by atoms with Gasteiger partial charge in [-0.1, -0.05) is 42.5 Å². The van der Waals surface area contributed by atoms with E-state index in [4.69, 9.17) is 0 Å². The predicted octanol–water partition coefficient (Wildman–Crippen LogP) is 3.32. The van der Waals surface area contributed by atoms with Crippen LogP contribution in [0.15, 0.2) is 54.6 Å². The SMILES string of the molecule is C[C@H]1[C@H](c2ccccc2)[C@@H](c2ccc([N+](=O)[O-])cc2)C(=O)N1C. The topological polar surface area (TPSA) is 63.5 Å². The van der Waals surface area contributed by atoms with Crippen molar-refractivity contribution in [2.45, 2.75) is 24.8 Å². The zero-order valence-corrected chi connectivity index (χ0v) is 13.0. The minimum Gasteiger partial charge on any atom is -0.342 e. The van der Waals surface area contributed by atoms with E-state index in [2.05, 4.69) is 0 Å². The number of carbonyl (C=O) groups excluding carboxylic acids is 1. The minimum absolute atomic E-state index is 0.0372. The van der Waals surface area contributed by atoms with Gasteiger partial charge in [0.1, 0.15) is 0 Å². The van der Waals surface area contributed by atoms with Gasteiger partial charge in [0.05, 0.1) is 10.8 Å². The molecule has 0 radical (unpaired) electrons. The third-order valence-electron chi connectivity index (χ3n) is 4.75. The summed E-state index contributed by atoms with van der Waals surface area (Å²) in [4.78, 5) is 24.9. The normalized spacial score (nSPS) is 24.0. The molecule has 0 N–H and O–H groups in total. The first-order valence-corrected chi connectivity index (χ1v) is 7.56. The predicted molar refractivity (Wildman–Crippen MR) is 87.3 cm³/mol. The number of likely N-dealkylation sites (tertiary alicyclic amines) is 1. The van der Waals surface area contributed by atoms with Crippen LogP contribution >= 0.6 is 0 Å². The Morgan fingerprint density at radius 2 is 1.61 bits per heavy atom. The lowest BCUT2D eigenvalue weighted by Gasteiger charge is -2.22. The average Bonchev–Trinajstić information content (AvgIpc) is 2.80. The molecule has 0 bridgehead atoms. The zero-order chi connectivity index (χ0) is 16.6. The molecular formula is C18H18N2O3. The number of likely N-dealkylation sites (N-methyl/N-ethyl adjacent to an activating group) is 1. The van der Waals surface area contributed by atoms with Gasteiger partial charge in [-0.3, -0.25) is 14.9 Å². The van der Waals surface area contributed by atoms with Crippen molar-refractivity contribution >= 4 is 11.6 Å². The molecule has 23 heavy (non-hydrogen) atoms. The lowest BCUT2D eigenvalue weighted by Crippen LogP contribution is -2.28. The van der Waals surface area contributed by atoms with Gasteiger partial charge in [0.25, 0.3) is 5.69 Å². The minimum atomic E-state index is -0.427. The number of amides is 1. The molecule has 0 spiro atoms. The number of benzene rings is 2. The van der Waals surface area contributed by atoms with Crippen molar-refractivity contribution in [3.63, 3.8) is 0 Å². The first-order chi connectivity index (χ1) is 11.0. The number of nitro benzene ring substituents is 1. The number of nitrogens with zero attached hydrogens (tertiary/aromatic N) is 2. The first-order valence-electron chi connectivity index (χ1n) is 7.56. The van der Waals surface area contributed by atoms with Gasteiger partial charge in [-0.25, -0.2) is 0 Å². The van der Waals surface area contributed by atoms with Gasteiger partial charge in [-0.05, 0) is 18.1 Å². The van der Waals surface area contributed by atoms with Gasteiger partial charge in [0.15, 0.2) is 0 Å². The molecule has 1 saturated heterocycles. The largest absolute Gasteiger partial charge is 0.342 e. The molecule has 2 aromatic rings. The van der Waals surface area contributed by atoms with Crippen molar-refractivity contribution in [1.82, 2.24) is 4.90 Å². The summed E-state index contributed by atoms with van der Waals surface area (Å²) in [5.74, 6) is -0.214. The molecule has 3 rings (SSSR count). The number of carbonyl (C=O) groups is 1. The van der Waals surface area contributed by atoms with Crippen molar-refractivity contribution in [2.75, 3.05) is 7.05 Å². The molecule has 1 aliphatic rings. The summed E-state index contributed by atoms with van der Waals surface area (Å²) in [6, 6.07) is 16.4. The second-order valence-electron chi connectivity index (χ2n) is 5.95. The van der Waals surface area contributed by atoms with Crippen molar-refractivity contribution in [3.05, 3.63) is 75.8 Å². The Balaban J connectivity index is 2.03. The number of hydrogen-bond donors (Lipinski definition) is 0. The fraction of sp³-hybridized carbons (Fsp3) is 0.278. The van der Waals surface area contributed by atoms with Crippen LogP contribution in [0.25, 0.3) is 0 Å². The number of non-ortho nitro benzene ring substituents is 1. The Labute approximate surface area is 134 Å². The van der Waals surface area contributed by atoms with E-state index in [1.54, 1.807) is 17.0 Å². The Bertz CT molecular complexity index is 728. The highest BCUT2D eigenvalue weighted by molar-refractivity contribution is 5.88. The molecule has 1 fully saturated rings. The maximum Gasteiger partial charge on any atom is 0.269 e. The Kier molecular flexibility index (Phi) is 3.86. The van der Waals surface area contributed by atoms with E-state index < -0.39 is 4.92 Å². The molecule has 0 unspecified atom stereocenters. The van der Waals surface area contributed by atoms with E-state index in [-0.39, 0.29) is 29.5 Å². The highest BCUT2D eigenvalue weighted by Gasteiger charge is 2.45. The quantitative estimate of drug-likeness (QED) is 0.645. The zero-order valence-electron chi connectivity index (χ0n) is 13.0. The fourth-order valence-corrected chi connectivity index (χ4v) is 3.39. The second kappa shape index (κ2) is 5.83. The lowest BCUT2D eigenvalue weighted by molar-refractivity contribution is -0.384. The van der Waals surface area contributed by atoms with Crippen LogP contribution in [0.1, 0.15) is 29.9 Å². The van der Waals surface area contributed by atoms with Gasteiger partial charge in [0.2, 0.25) is 5.91 Å². The molecule has 3 atom stereocenters. The van der Waals surface area contributed by atoms with Crippen LogP contribution in [0.4, 0.5) is 5.69 Å². The third kappa shape index (κ3) is 2.59. The standard InChI is InChI=1S/C18H18N2O3/c1-12-16(13-6-4-3-5-7-13)17(18(21)19(12)2)14-8-10-15(11-9-14)20(22)23/h3-12,16-17H,1-2H3/t12-,16+,17+/m0/s1. The van der Waals surface area contributed by atoms with E-state index in [0.717, 1.165) is 11.1 Å². The number of nitro groups is 1. The van der Waals surface area contributed by atoms with Gasteiger partial charge in [-0.2, -0.15) is 0 Å². The van der Waals surface area contributed by atoms with Crippen LogP contribution in [-0.2, 0) is 4.79 Å². The molecule has 5 heteroatoms. The highest BCUT2D eigenvalue weighted by Crippen LogP contribution is 2.44. The average molecular weight is 310 g/mol. The molecule has 2 aromatic carbocycles. The number of rotatable bonds is 3. The van der Waals surface area contributed by atoms with Crippen LogP contribution in [0.2, 0.25) is 0 Å². The highest BCUT2D eigenvalue weighted by atomic mass is 16.6. The van der Waals surface area contributed by atoms with Crippen molar-refractivity contribution < 1.29 is 9.72 Å². The monoisotopic (exact) mass is 310 g/mol. The number of hydrogen-bond acceptors (Lipinski definition) is 3. The van der Waals surface area contributed by atoms with E-state index in [9.17, 15) is 14.9 Å². The smallest absolute Gasteiger partial charge is 0.269 e. The summed E-state index contributed by atoms with van der Waals surface area (Å²) >= 11 is 0. The second-order valence-corrected chi connectivity index (χ2v) is 5.95. The summed E-state index contributed by atoms with van der Waals surface area (Å²) < 4.78 is 0. The van der Waals surface area contributed by atoms with Crippen LogP contribution in [0, 0.1) is 10.1 Å². The van der Waals surface area contributed by atoms with Crippen LogP contribution in [0.3, 0.4) is 0 Å². The van der Waals surface area contributed by atoms with Gasteiger partial charge in [-0.15, -0.1) is 0 Å². The van der Waals surface area contributed by atoms with E-state index in [0.29, 0.717) is 0 Å². The van der Waals surface area contributed by atoms with Crippen LogP contribution in [-0.4, -0.2) is 28.8 Å². The molecule has 1 heterocycles. The maximum atomic E-state index is 12.7. The van der Waals surface area contributed by atoms with E-state index in [1.807, 2.05) is 44.3 Å². The van der Waals surface area contributed by atoms with E-state index in [1.165, 1.54) is 12.1 Å². The van der Waals surface area contributed by atoms with Gasteiger partial charge < -0.3 is 4.90 Å². The molecule has 0 aromatic heterocycles. The summed E-state index contributed by atoms with van der Waals surface area (Å²) in [6.45, 7) is 2.04. The fourth-order valence-electron chi connectivity index (χ4n) is 3.39. The molecule has 1 amide bonds. The molecule has 1 aliphatic heterocycles. The maximum absolute atomic E-state index is 12.7. The molecule has 118 valence electrons. The summed E-state index contributed by atoms with van der Waals surface area (Å²) in [5, 5.41) is 10.8. The molecule has 5 nitrogen and oxygen atoms in total. The Morgan fingerprint density at radius 1 is 1.00 bits per heavy atom. The molecule has 0 aliphatic carbocycles. The lowest BCUT2D eigenvalue weighted by atomic mass is 9.80. The van der Waals surface area contributed by atoms with Gasteiger partial charge in [0, 0.05) is 31.1 Å². The van der Waals surface area contributed by atoms with Crippen molar-refractivity contribution in [1.29, 1.82) is 0 Å². The summed E-state index contributed by atoms with van der Waals surface area (Å²) in [6.07, 6.45) is 0. The van der Waals surface area contributed by atoms with E-state index >= 15 is 0 Å². The third-order valence-corrected chi connectivity index (χ3v) is 4.75. The van der Waals surface area contributed by atoms with Crippen LogP contribution in [0.5, 0.6) is 0 Å². The van der Waals surface area contributed by atoms with Crippen LogP contribution < -0.4 is 0 Å². The molecule has 0 saturated carbocycles. The Morgan fingerprint density at radius 3 is 2.17 bits per heavy atom. The summed E-state index contributed by atoms with van der Waals surface area (Å²) in [5.41, 5.74) is 1.98. The Hall–Kier alpha value is -2.69. The molecular weight excluding hydrogens is 292 g/mol. The first kappa shape index (κ1) is 15.2. The van der Waals surface area contributed by atoms with Gasteiger partial charge >= 0.3 is 0 Å². The van der Waals surface area contributed by atoms with Crippen molar-refractivity contribution in [2.24, 2.45) is 0 Å².